The van der Waals surface area contributed by atoms with E-state index in [4.69, 9.17) is 0 Å². The largest absolute Gasteiger partial charge is 0.508 e. The average Bonchev–Trinajstić information content (AvgIpc) is 3.40. The van der Waals surface area contributed by atoms with Crippen molar-refractivity contribution >= 4 is 5.57 Å². The molecule has 0 aliphatic heterocycles. The van der Waals surface area contributed by atoms with E-state index in [2.05, 4.69) is 45.0 Å². The van der Waals surface area contributed by atoms with Crippen LogP contribution in [0.2, 0.25) is 0 Å². The number of phenols is 2. The summed E-state index contributed by atoms with van der Waals surface area (Å²) in [5, 5.41) is 20.4. The van der Waals surface area contributed by atoms with Crippen molar-refractivity contribution in [2.45, 2.75) is 65.2 Å². The lowest BCUT2D eigenvalue weighted by molar-refractivity contribution is 0.343. The summed E-state index contributed by atoms with van der Waals surface area (Å²) in [5.41, 5.74) is 8.16. The molecule has 0 saturated heterocycles. The van der Waals surface area contributed by atoms with E-state index in [9.17, 15) is 10.2 Å². The zero-order valence-corrected chi connectivity index (χ0v) is 19.0. The van der Waals surface area contributed by atoms with Crippen molar-refractivity contribution in [1.82, 2.24) is 0 Å². The molecule has 0 bridgehead atoms. The van der Waals surface area contributed by atoms with Crippen molar-refractivity contribution in [3.05, 3.63) is 76.4 Å². The van der Waals surface area contributed by atoms with Crippen molar-refractivity contribution in [1.29, 1.82) is 0 Å². The number of hydrogen-bond acceptors (Lipinski definition) is 2. The Bertz CT molecular complexity index is 1050. The molecule has 2 saturated carbocycles. The van der Waals surface area contributed by atoms with Gasteiger partial charge in [0, 0.05) is 5.92 Å². The maximum absolute atomic E-state index is 10.5. The monoisotopic (exact) mass is 414 g/mol. The van der Waals surface area contributed by atoms with E-state index in [1.54, 1.807) is 5.57 Å². The van der Waals surface area contributed by atoms with Crippen LogP contribution < -0.4 is 0 Å². The second-order valence-corrected chi connectivity index (χ2v) is 10.6. The maximum atomic E-state index is 10.5. The normalized spacial score (nSPS) is 28.5. The lowest BCUT2D eigenvalue weighted by atomic mass is 9.71. The van der Waals surface area contributed by atoms with Gasteiger partial charge in [-0.1, -0.05) is 55.7 Å². The van der Waals surface area contributed by atoms with Gasteiger partial charge >= 0.3 is 0 Å². The van der Waals surface area contributed by atoms with Crippen LogP contribution in [0.3, 0.4) is 0 Å². The summed E-state index contributed by atoms with van der Waals surface area (Å²) in [7, 11) is 0. The van der Waals surface area contributed by atoms with Gasteiger partial charge in [-0.15, -0.1) is 0 Å². The van der Waals surface area contributed by atoms with Crippen molar-refractivity contribution in [2.75, 3.05) is 0 Å². The van der Waals surface area contributed by atoms with Crippen molar-refractivity contribution in [3.63, 3.8) is 0 Å². The Morgan fingerprint density at radius 3 is 2.39 bits per heavy atom. The standard InChI is InChI=1S/C29H34O2/c1-18-15-16-29(2,3)28(18)26-17-22(31)12-14-25(26)27(20-7-10-21(30)11-8-20)24-13-9-19-5-4-6-23(19)24/h7-8,10-12,14-15,17,19,23,28,30-31H,4-6,9,13,16H2,1-3H3. The topological polar surface area (TPSA) is 40.5 Å². The fourth-order valence-electron chi connectivity index (χ4n) is 6.78. The molecule has 2 heteroatoms. The number of phenolic OH excluding ortho intramolecular Hbond substituents is 2. The number of fused-ring (bicyclic) bond motifs is 1. The molecule has 3 atom stereocenters. The Kier molecular flexibility index (Phi) is 5.00. The molecule has 0 heterocycles. The van der Waals surface area contributed by atoms with Crippen LogP contribution in [-0.4, -0.2) is 10.2 Å². The van der Waals surface area contributed by atoms with E-state index in [-0.39, 0.29) is 5.41 Å². The van der Waals surface area contributed by atoms with Gasteiger partial charge in [-0.3, -0.25) is 0 Å². The summed E-state index contributed by atoms with van der Waals surface area (Å²) >= 11 is 0. The zero-order valence-electron chi connectivity index (χ0n) is 19.0. The van der Waals surface area contributed by atoms with Crippen LogP contribution in [0.5, 0.6) is 11.5 Å². The molecular weight excluding hydrogens is 380 g/mol. The van der Waals surface area contributed by atoms with Crippen LogP contribution in [0.4, 0.5) is 0 Å². The van der Waals surface area contributed by atoms with Crippen LogP contribution in [0.1, 0.15) is 81.9 Å². The molecular formula is C29H34O2. The van der Waals surface area contributed by atoms with Gasteiger partial charge in [0.25, 0.3) is 0 Å². The molecule has 2 N–H and O–H groups in total. The quantitative estimate of drug-likeness (QED) is 0.508. The summed E-state index contributed by atoms with van der Waals surface area (Å²) in [5.74, 6) is 2.45. The molecule has 2 nitrogen and oxygen atoms in total. The van der Waals surface area contributed by atoms with Gasteiger partial charge in [0.05, 0.1) is 0 Å². The van der Waals surface area contributed by atoms with Gasteiger partial charge in [-0.05, 0) is 103 Å². The Labute approximate surface area is 186 Å². The molecule has 3 unspecified atom stereocenters. The minimum atomic E-state index is 0.128. The second kappa shape index (κ2) is 7.58. The predicted octanol–water partition coefficient (Wildman–Crippen LogP) is 7.57. The minimum absolute atomic E-state index is 0.128. The summed E-state index contributed by atoms with van der Waals surface area (Å²) in [6.07, 6.45) is 9.88. The Morgan fingerprint density at radius 1 is 0.935 bits per heavy atom. The molecule has 0 amide bonds. The molecule has 0 aromatic heterocycles. The molecule has 3 aliphatic rings. The Morgan fingerprint density at radius 2 is 1.68 bits per heavy atom. The summed E-state index contributed by atoms with van der Waals surface area (Å²) in [6, 6.07) is 13.7. The van der Waals surface area contributed by atoms with Gasteiger partial charge in [-0.2, -0.15) is 0 Å². The first-order chi connectivity index (χ1) is 14.8. The van der Waals surface area contributed by atoms with Crippen molar-refractivity contribution < 1.29 is 10.2 Å². The fourth-order valence-corrected chi connectivity index (χ4v) is 6.78. The highest BCUT2D eigenvalue weighted by molar-refractivity contribution is 5.85. The maximum Gasteiger partial charge on any atom is 0.115 e. The van der Waals surface area contributed by atoms with Crippen LogP contribution >= 0.6 is 0 Å². The number of hydrogen-bond donors (Lipinski definition) is 2. The molecule has 3 aliphatic carbocycles. The van der Waals surface area contributed by atoms with E-state index in [0.717, 1.165) is 18.8 Å². The number of benzene rings is 2. The van der Waals surface area contributed by atoms with Crippen molar-refractivity contribution in [3.8, 4) is 11.5 Å². The summed E-state index contributed by atoms with van der Waals surface area (Å²) < 4.78 is 0. The van der Waals surface area contributed by atoms with Gasteiger partial charge in [0.2, 0.25) is 0 Å². The molecule has 31 heavy (non-hydrogen) atoms. The van der Waals surface area contributed by atoms with Crippen LogP contribution in [0.15, 0.2) is 59.7 Å². The van der Waals surface area contributed by atoms with Gasteiger partial charge < -0.3 is 10.2 Å². The SMILES string of the molecule is CC1=CCC(C)(C)C1c1cc(O)ccc1C(=C1CCC2CCCC12)c1ccc(O)cc1. The van der Waals surface area contributed by atoms with Crippen molar-refractivity contribution in [2.24, 2.45) is 17.3 Å². The average molecular weight is 415 g/mol. The predicted molar refractivity (Wildman–Crippen MR) is 127 cm³/mol. The van der Waals surface area contributed by atoms with Crippen LogP contribution in [0, 0.1) is 17.3 Å². The highest BCUT2D eigenvalue weighted by atomic mass is 16.3. The molecule has 0 radical (unpaired) electrons. The minimum Gasteiger partial charge on any atom is -0.508 e. The third kappa shape index (κ3) is 3.50. The smallest absolute Gasteiger partial charge is 0.115 e. The summed E-state index contributed by atoms with van der Waals surface area (Å²) in [6.45, 7) is 6.92. The molecule has 0 spiro atoms. The van der Waals surface area contributed by atoms with E-state index in [1.165, 1.54) is 53.5 Å². The van der Waals surface area contributed by atoms with E-state index in [0.29, 0.717) is 23.3 Å². The van der Waals surface area contributed by atoms with E-state index < -0.39 is 0 Å². The highest BCUT2D eigenvalue weighted by Crippen LogP contribution is 2.54. The Balaban J connectivity index is 1.75. The number of aromatic hydroxyl groups is 2. The van der Waals surface area contributed by atoms with E-state index >= 15 is 0 Å². The fraction of sp³-hybridized carbons (Fsp3) is 0.448. The Hall–Kier alpha value is -2.48. The highest BCUT2D eigenvalue weighted by Gasteiger charge is 2.40. The van der Waals surface area contributed by atoms with Gasteiger partial charge in [0.1, 0.15) is 11.5 Å². The van der Waals surface area contributed by atoms with Crippen LogP contribution in [0.25, 0.3) is 5.57 Å². The molecule has 2 aromatic carbocycles. The first kappa shape index (κ1) is 20.4. The zero-order chi connectivity index (χ0) is 21.8. The first-order valence-electron chi connectivity index (χ1n) is 11.9. The first-order valence-corrected chi connectivity index (χ1v) is 11.9. The van der Waals surface area contributed by atoms with Gasteiger partial charge in [-0.25, -0.2) is 0 Å². The lowest BCUT2D eigenvalue weighted by Gasteiger charge is -2.32. The van der Waals surface area contributed by atoms with Gasteiger partial charge in [0.15, 0.2) is 0 Å². The molecule has 2 fully saturated rings. The second-order valence-electron chi connectivity index (χ2n) is 10.6. The summed E-state index contributed by atoms with van der Waals surface area (Å²) in [4.78, 5) is 0. The number of rotatable bonds is 3. The van der Waals surface area contributed by atoms with E-state index in [1.807, 2.05) is 24.3 Å². The lowest BCUT2D eigenvalue weighted by Crippen LogP contribution is -2.19. The molecule has 5 rings (SSSR count). The van der Waals surface area contributed by atoms with Crippen LogP contribution in [-0.2, 0) is 0 Å². The molecule has 2 aromatic rings. The third-order valence-corrected chi connectivity index (χ3v) is 8.17. The third-order valence-electron chi connectivity index (χ3n) is 8.17. The number of allylic oxidation sites excluding steroid dienone is 3. The molecule has 162 valence electrons.